The molecule has 0 aliphatic heterocycles. The van der Waals surface area contributed by atoms with E-state index >= 15 is 0 Å². The minimum Gasteiger partial charge on any atom is -0.484 e. The van der Waals surface area contributed by atoms with Crippen LogP contribution in [0.4, 0.5) is 0 Å². The number of hydrogen-bond donors (Lipinski definition) is 1. The van der Waals surface area contributed by atoms with E-state index < -0.39 is 6.04 Å². The van der Waals surface area contributed by atoms with Gasteiger partial charge >= 0.3 is 0 Å². The Morgan fingerprint density at radius 2 is 1.63 bits per heavy atom. The zero-order chi connectivity index (χ0) is 29.4. The molecule has 41 heavy (non-hydrogen) atoms. The Morgan fingerprint density at radius 1 is 0.951 bits per heavy atom. The molecule has 1 fully saturated rings. The van der Waals surface area contributed by atoms with Crippen LogP contribution in [0.15, 0.2) is 72.8 Å². The molecule has 0 aromatic heterocycles. The van der Waals surface area contributed by atoms with Crippen molar-refractivity contribution < 1.29 is 14.3 Å². The highest BCUT2D eigenvalue weighted by molar-refractivity contribution is 6.35. The van der Waals surface area contributed by atoms with Crippen LogP contribution < -0.4 is 10.1 Å². The van der Waals surface area contributed by atoms with Crippen molar-refractivity contribution in [3.05, 3.63) is 99.5 Å². The summed E-state index contributed by atoms with van der Waals surface area (Å²) in [6, 6.07) is 22.1. The Kier molecular flexibility index (Phi) is 10.7. The summed E-state index contributed by atoms with van der Waals surface area (Å²) in [5, 5.41) is 4.20. The lowest BCUT2D eigenvalue weighted by atomic mass is 9.87. The van der Waals surface area contributed by atoms with Crippen molar-refractivity contribution in [1.82, 2.24) is 10.2 Å². The van der Waals surface area contributed by atoms with Crippen LogP contribution >= 0.6 is 23.2 Å². The lowest BCUT2D eigenvalue weighted by molar-refractivity contribution is -0.143. The van der Waals surface area contributed by atoms with E-state index in [0.29, 0.717) is 27.8 Å². The van der Waals surface area contributed by atoms with Crippen LogP contribution in [0.25, 0.3) is 0 Å². The van der Waals surface area contributed by atoms with Crippen LogP contribution in [-0.4, -0.2) is 35.4 Å². The molecule has 7 heteroatoms. The second kappa shape index (κ2) is 14.2. The summed E-state index contributed by atoms with van der Waals surface area (Å²) in [5.41, 5.74) is 2.87. The molecule has 3 aromatic rings. The number of ether oxygens (including phenoxy) is 1. The van der Waals surface area contributed by atoms with Crippen molar-refractivity contribution in [3.63, 3.8) is 0 Å². The first-order valence-electron chi connectivity index (χ1n) is 14.4. The molecule has 5 nitrogen and oxygen atoms in total. The Bertz CT molecular complexity index is 1300. The number of carbonyl (C=O) groups is 2. The number of rotatable bonds is 10. The van der Waals surface area contributed by atoms with Crippen molar-refractivity contribution >= 4 is 35.0 Å². The number of carbonyl (C=O) groups excluding carboxylic acids is 2. The first-order chi connectivity index (χ1) is 19.6. The lowest BCUT2D eigenvalue weighted by Crippen LogP contribution is -2.53. The summed E-state index contributed by atoms with van der Waals surface area (Å²) in [6.07, 6.45) is 5.66. The van der Waals surface area contributed by atoms with Gasteiger partial charge in [0.05, 0.1) is 0 Å². The zero-order valence-electron chi connectivity index (χ0n) is 24.2. The fraction of sp³-hybridized carbons (Fsp3) is 0.412. The first-order valence-corrected chi connectivity index (χ1v) is 15.2. The number of amides is 2. The van der Waals surface area contributed by atoms with Gasteiger partial charge in [0.2, 0.25) is 5.91 Å². The highest BCUT2D eigenvalue weighted by Crippen LogP contribution is 2.26. The van der Waals surface area contributed by atoms with Gasteiger partial charge in [-0.15, -0.1) is 0 Å². The summed E-state index contributed by atoms with van der Waals surface area (Å²) >= 11 is 12.7. The summed E-state index contributed by atoms with van der Waals surface area (Å²) in [6.45, 7) is 6.39. The van der Waals surface area contributed by atoms with Gasteiger partial charge in [0.25, 0.3) is 5.91 Å². The second-order valence-electron chi connectivity index (χ2n) is 11.9. The third kappa shape index (κ3) is 8.98. The van der Waals surface area contributed by atoms with Gasteiger partial charge in [-0.2, -0.15) is 0 Å². The average Bonchev–Trinajstić information content (AvgIpc) is 2.95. The number of hydrogen-bond acceptors (Lipinski definition) is 3. The highest BCUT2D eigenvalue weighted by atomic mass is 35.5. The van der Waals surface area contributed by atoms with E-state index in [1.807, 2.05) is 54.6 Å². The van der Waals surface area contributed by atoms with Crippen molar-refractivity contribution in [1.29, 1.82) is 0 Å². The smallest absolute Gasteiger partial charge is 0.261 e. The molecule has 3 aromatic carbocycles. The number of halogens is 2. The topological polar surface area (TPSA) is 58.6 Å². The molecule has 1 N–H and O–H groups in total. The van der Waals surface area contributed by atoms with Crippen molar-refractivity contribution in [3.8, 4) is 5.75 Å². The molecule has 0 unspecified atom stereocenters. The fourth-order valence-corrected chi connectivity index (χ4v) is 5.68. The van der Waals surface area contributed by atoms with E-state index in [0.717, 1.165) is 31.2 Å². The van der Waals surface area contributed by atoms with Gasteiger partial charge in [-0.1, -0.05) is 112 Å². The quantitative estimate of drug-likeness (QED) is 0.261. The molecule has 0 heterocycles. The number of nitrogens with zero attached hydrogens (tertiary/aromatic N) is 1. The first kappa shape index (κ1) is 30.9. The van der Waals surface area contributed by atoms with Crippen molar-refractivity contribution in [2.45, 2.75) is 83.3 Å². The molecule has 4 rings (SSSR count). The summed E-state index contributed by atoms with van der Waals surface area (Å²) in [7, 11) is 0. The van der Waals surface area contributed by atoms with Gasteiger partial charge in [-0.25, -0.2) is 0 Å². The van der Waals surface area contributed by atoms with Crippen LogP contribution in [-0.2, 0) is 28.0 Å². The molecule has 0 radical (unpaired) electrons. The van der Waals surface area contributed by atoms with Gasteiger partial charge < -0.3 is 15.0 Å². The van der Waals surface area contributed by atoms with Gasteiger partial charge in [-0.3, -0.25) is 9.59 Å². The molecule has 1 atom stereocenters. The molecular weight excluding hydrogens is 555 g/mol. The zero-order valence-corrected chi connectivity index (χ0v) is 25.7. The Labute approximate surface area is 254 Å². The number of nitrogens with one attached hydrogen (secondary N) is 1. The third-order valence-electron chi connectivity index (χ3n) is 7.66. The SMILES string of the molecule is CC(C)(C)c1ccc(OCC(=O)N(Cc2ccc(Cl)cc2Cl)[C@@H](Cc2ccccc2)C(=O)NC2CCCCC2)cc1. The van der Waals surface area contributed by atoms with Crippen molar-refractivity contribution in [2.75, 3.05) is 6.61 Å². The Hall–Kier alpha value is -3.02. The lowest BCUT2D eigenvalue weighted by Gasteiger charge is -2.33. The molecule has 1 aliphatic carbocycles. The normalized spacial score (nSPS) is 14.8. The van der Waals surface area contributed by atoms with E-state index in [-0.39, 0.29) is 36.4 Å². The van der Waals surface area contributed by atoms with Crippen LogP contribution in [0.3, 0.4) is 0 Å². The maximum atomic E-state index is 13.9. The van der Waals surface area contributed by atoms with Gasteiger partial charge in [0, 0.05) is 29.1 Å². The van der Waals surface area contributed by atoms with E-state index in [1.165, 1.54) is 12.0 Å². The predicted octanol–water partition coefficient (Wildman–Crippen LogP) is 7.76. The molecule has 2 amide bonds. The fourth-order valence-electron chi connectivity index (χ4n) is 5.21. The maximum Gasteiger partial charge on any atom is 0.261 e. The van der Waals surface area contributed by atoms with E-state index in [1.54, 1.807) is 23.1 Å². The second-order valence-corrected chi connectivity index (χ2v) is 12.7. The van der Waals surface area contributed by atoms with Crippen LogP contribution in [0, 0.1) is 0 Å². The average molecular weight is 596 g/mol. The summed E-state index contributed by atoms with van der Waals surface area (Å²) in [5.74, 6) is 0.145. The summed E-state index contributed by atoms with van der Waals surface area (Å²) in [4.78, 5) is 29.4. The molecular formula is C34H40Cl2N2O3. The molecule has 0 spiro atoms. The molecule has 1 aliphatic rings. The minimum absolute atomic E-state index is 0.0132. The highest BCUT2D eigenvalue weighted by Gasteiger charge is 2.32. The van der Waals surface area contributed by atoms with Crippen LogP contribution in [0.2, 0.25) is 10.0 Å². The molecule has 0 saturated heterocycles. The maximum absolute atomic E-state index is 13.9. The van der Waals surface area contributed by atoms with Gasteiger partial charge in [-0.05, 0) is 59.2 Å². The number of benzene rings is 3. The monoisotopic (exact) mass is 594 g/mol. The Balaban J connectivity index is 1.61. The van der Waals surface area contributed by atoms with Gasteiger partial charge in [0.1, 0.15) is 11.8 Å². The minimum atomic E-state index is -0.745. The van der Waals surface area contributed by atoms with E-state index in [9.17, 15) is 9.59 Å². The molecule has 1 saturated carbocycles. The van der Waals surface area contributed by atoms with E-state index in [4.69, 9.17) is 27.9 Å². The molecule has 0 bridgehead atoms. The third-order valence-corrected chi connectivity index (χ3v) is 8.25. The van der Waals surface area contributed by atoms with Crippen molar-refractivity contribution in [2.24, 2.45) is 0 Å². The standard InChI is InChI=1S/C34H40Cl2N2O3/c1-34(2,3)26-15-18-29(19-16-26)41-23-32(39)38(22-25-14-17-27(35)21-30(25)36)31(20-24-10-6-4-7-11-24)33(40)37-28-12-8-5-9-13-28/h4,6-7,10-11,14-19,21,28,31H,5,8-9,12-13,20,22-23H2,1-3H3,(H,37,40)/t31-/m0/s1. The van der Waals surface area contributed by atoms with Crippen LogP contribution in [0.1, 0.15) is 69.6 Å². The predicted molar refractivity (Wildman–Crippen MR) is 167 cm³/mol. The van der Waals surface area contributed by atoms with Crippen LogP contribution in [0.5, 0.6) is 5.75 Å². The molecule has 218 valence electrons. The summed E-state index contributed by atoms with van der Waals surface area (Å²) < 4.78 is 5.96. The Morgan fingerprint density at radius 3 is 2.27 bits per heavy atom. The van der Waals surface area contributed by atoms with E-state index in [2.05, 4.69) is 26.1 Å². The largest absolute Gasteiger partial charge is 0.484 e. The van der Waals surface area contributed by atoms with Gasteiger partial charge in [0.15, 0.2) is 6.61 Å².